The summed E-state index contributed by atoms with van der Waals surface area (Å²) in [5.41, 5.74) is 0. The van der Waals surface area contributed by atoms with Crippen LogP contribution in [0.5, 0.6) is 0 Å². The van der Waals surface area contributed by atoms with Gasteiger partial charge in [-0.05, 0) is 11.4 Å². The maximum atomic E-state index is 11.6. The Balaban J connectivity index is 2.52. The van der Waals surface area contributed by atoms with Crippen LogP contribution in [-0.4, -0.2) is 35.6 Å². The molecule has 80 valence electrons. The molecule has 4 nitrogen and oxygen atoms in total. The predicted molar refractivity (Wildman–Crippen MR) is 57.2 cm³/mol. The zero-order valence-corrected chi connectivity index (χ0v) is 9.91. The van der Waals surface area contributed by atoms with Gasteiger partial charge in [0.15, 0.2) is 0 Å². The number of nitrogens with one attached hydrogen (secondary N) is 2. The summed E-state index contributed by atoms with van der Waals surface area (Å²) in [7, 11) is 0.714. The van der Waals surface area contributed by atoms with Crippen LogP contribution in [0.25, 0.3) is 0 Å². The van der Waals surface area contributed by atoms with E-state index in [0.29, 0.717) is 10.8 Å². The molecule has 14 heavy (non-hydrogen) atoms. The Kier molecular flexibility index (Phi) is 4.06. The van der Waals surface area contributed by atoms with Crippen LogP contribution in [0.1, 0.15) is 0 Å². The molecule has 0 aliphatic carbocycles. The van der Waals surface area contributed by atoms with Crippen molar-refractivity contribution in [3.63, 3.8) is 0 Å². The van der Waals surface area contributed by atoms with Crippen molar-refractivity contribution < 1.29 is 13.3 Å². The second kappa shape index (κ2) is 4.88. The van der Waals surface area contributed by atoms with Gasteiger partial charge in [0.1, 0.15) is 4.21 Å². The van der Waals surface area contributed by atoms with Crippen molar-refractivity contribution in [1.29, 1.82) is 0 Å². The number of quaternary nitrogens is 1. The highest BCUT2D eigenvalue weighted by Crippen LogP contribution is 2.14. The maximum Gasteiger partial charge on any atom is 0.250 e. The SMILES string of the molecule is C[NH+](C)CCNS(=O)(=O)c1cccs1. The predicted octanol–water partition coefficient (Wildman–Crippen LogP) is -0.829. The first-order chi connectivity index (χ1) is 6.52. The number of sulfonamides is 1. The third-order valence-electron chi connectivity index (χ3n) is 1.68. The fourth-order valence-electron chi connectivity index (χ4n) is 0.923. The Morgan fingerprint density at radius 1 is 1.50 bits per heavy atom. The summed E-state index contributed by atoms with van der Waals surface area (Å²) in [6.45, 7) is 1.26. The van der Waals surface area contributed by atoms with Crippen LogP contribution >= 0.6 is 11.3 Å². The lowest BCUT2D eigenvalue weighted by Crippen LogP contribution is -3.06. The van der Waals surface area contributed by atoms with E-state index in [9.17, 15) is 8.42 Å². The Bertz CT molecular complexity index is 357. The maximum absolute atomic E-state index is 11.6. The first kappa shape index (κ1) is 11.6. The summed E-state index contributed by atoms with van der Waals surface area (Å²) in [4.78, 5) is 1.22. The fourth-order valence-corrected chi connectivity index (χ4v) is 2.99. The van der Waals surface area contributed by atoms with Crippen molar-refractivity contribution in [3.05, 3.63) is 17.5 Å². The minimum absolute atomic E-state index is 0.381. The van der Waals surface area contributed by atoms with Crippen LogP contribution in [0, 0.1) is 0 Å². The van der Waals surface area contributed by atoms with Crippen LogP contribution in [0.2, 0.25) is 0 Å². The molecule has 0 radical (unpaired) electrons. The van der Waals surface area contributed by atoms with Gasteiger partial charge in [0.25, 0.3) is 0 Å². The molecule has 1 aromatic heterocycles. The molecule has 1 heterocycles. The normalized spacial score (nSPS) is 12.2. The van der Waals surface area contributed by atoms with Gasteiger partial charge in [-0.15, -0.1) is 11.3 Å². The topological polar surface area (TPSA) is 50.6 Å². The molecule has 0 spiro atoms. The first-order valence-corrected chi connectivity index (χ1v) is 6.71. The summed E-state index contributed by atoms with van der Waals surface area (Å²) >= 11 is 1.23. The van der Waals surface area contributed by atoms with Gasteiger partial charge >= 0.3 is 0 Å². The quantitative estimate of drug-likeness (QED) is 0.700. The van der Waals surface area contributed by atoms with Crippen molar-refractivity contribution in [3.8, 4) is 0 Å². The molecule has 0 saturated heterocycles. The summed E-state index contributed by atoms with van der Waals surface area (Å²) in [6, 6.07) is 3.34. The van der Waals surface area contributed by atoms with Crippen LogP contribution in [0.15, 0.2) is 21.7 Å². The number of likely N-dealkylation sites (N-methyl/N-ethyl adjacent to an activating group) is 1. The molecule has 1 aromatic rings. The number of hydrogen-bond acceptors (Lipinski definition) is 3. The fraction of sp³-hybridized carbons (Fsp3) is 0.500. The molecule has 1 rings (SSSR count). The van der Waals surface area contributed by atoms with Crippen LogP contribution in [-0.2, 0) is 10.0 Å². The van der Waals surface area contributed by atoms with E-state index >= 15 is 0 Å². The summed E-state index contributed by atoms with van der Waals surface area (Å²) in [5.74, 6) is 0. The Hall–Kier alpha value is -0.430. The van der Waals surface area contributed by atoms with E-state index in [-0.39, 0.29) is 0 Å². The highest BCUT2D eigenvalue weighted by atomic mass is 32.2. The number of hydrogen-bond donors (Lipinski definition) is 2. The number of rotatable bonds is 5. The standard InChI is InChI=1S/C8H14N2O2S2/c1-10(2)6-5-9-14(11,12)8-4-3-7-13-8/h3-4,7,9H,5-6H2,1-2H3/p+1. The molecule has 0 atom stereocenters. The molecule has 2 N–H and O–H groups in total. The zero-order valence-electron chi connectivity index (χ0n) is 8.28. The summed E-state index contributed by atoms with van der Waals surface area (Å²) in [6.07, 6.45) is 0. The monoisotopic (exact) mass is 235 g/mol. The zero-order chi connectivity index (χ0) is 10.6. The molecular formula is C8H15N2O2S2+. The molecule has 0 amide bonds. The van der Waals surface area contributed by atoms with Gasteiger partial charge in [-0.1, -0.05) is 6.07 Å². The molecule has 6 heteroatoms. The van der Waals surface area contributed by atoms with Crippen LogP contribution in [0.3, 0.4) is 0 Å². The molecule has 0 saturated carbocycles. The van der Waals surface area contributed by atoms with Gasteiger partial charge in [0.05, 0.1) is 27.2 Å². The third-order valence-corrected chi connectivity index (χ3v) is 4.54. The number of thiophene rings is 1. The Morgan fingerprint density at radius 3 is 2.71 bits per heavy atom. The second-order valence-electron chi connectivity index (χ2n) is 3.29. The molecule has 0 fully saturated rings. The van der Waals surface area contributed by atoms with E-state index in [4.69, 9.17) is 0 Å². The van der Waals surface area contributed by atoms with Gasteiger partial charge in [0.2, 0.25) is 10.0 Å². The summed E-state index contributed by atoms with van der Waals surface area (Å²) < 4.78 is 26.1. The smallest absolute Gasteiger partial charge is 0.250 e. The van der Waals surface area contributed by atoms with Crippen LogP contribution < -0.4 is 9.62 Å². The van der Waals surface area contributed by atoms with Gasteiger partial charge in [-0.3, -0.25) is 0 Å². The highest BCUT2D eigenvalue weighted by molar-refractivity contribution is 7.91. The molecule has 0 aliphatic rings. The Morgan fingerprint density at radius 2 is 2.21 bits per heavy atom. The van der Waals surface area contributed by atoms with Crippen LogP contribution in [0.4, 0.5) is 0 Å². The lowest BCUT2D eigenvalue weighted by atomic mass is 10.6. The van der Waals surface area contributed by atoms with Crippen molar-refractivity contribution in [1.82, 2.24) is 4.72 Å². The van der Waals surface area contributed by atoms with E-state index in [1.807, 2.05) is 14.1 Å². The van der Waals surface area contributed by atoms with Crippen molar-refractivity contribution in [2.24, 2.45) is 0 Å². The molecule has 0 aliphatic heterocycles. The van der Waals surface area contributed by atoms with Crippen molar-refractivity contribution >= 4 is 21.4 Å². The van der Waals surface area contributed by atoms with E-state index in [2.05, 4.69) is 4.72 Å². The van der Waals surface area contributed by atoms with E-state index in [0.717, 1.165) is 6.54 Å². The average molecular weight is 235 g/mol. The van der Waals surface area contributed by atoms with E-state index < -0.39 is 10.0 Å². The van der Waals surface area contributed by atoms with E-state index in [1.54, 1.807) is 17.5 Å². The van der Waals surface area contributed by atoms with Gasteiger partial charge in [-0.25, -0.2) is 13.1 Å². The Labute approximate surface area is 88.6 Å². The van der Waals surface area contributed by atoms with E-state index in [1.165, 1.54) is 16.2 Å². The molecule has 0 unspecified atom stereocenters. The minimum Gasteiger partial charge on any atom is -0.339 e. The molecule has 0 aromatic carbocycles. The first-order valence-electron chi connectivity index (χ1n) is 4.34. The third kappa shape index (κ3) is 3.38. The van der Waals surface area contributed by atoms with Gasteiger partial charge in [0, 0.05) is 0 Å². The largest absolute Gasteiger partial charge is 0.339 e. The minimum atomic E-state index is -3.26. The highest BCUT2D eigenvalue weighted by Gasteiger charge is 2.14. The molecular weight excluding hydrogens is 220 g/mol. The van der Waals surface area contributed by atoms with Crippen molar-refractivity contribution in [2.45, 2.75) is 4.21 Å². The average Bonchev–Trinajstić information content (AvgIpc) is 2.54. The lowest BCUT2D eigenvalue weighted by molar-refractivity contribution is -0.856. The van der Waals surface area contributed by atoms with Gasteiger partial charge < -0.3 is 4.90 Å². The lowest BCUT2D eigenvalue weighted by Gasteiger charge is -2.07. The summed E-state index contributed by atoms with van der Waals surface area (Å²) in [5, 5.41) is 1.76. The molecule has 0 bridgehead atoms. The van der Waals surface area contributed by atoms with Crippen molar-refractivity contribution in [2.75, 3.05) is 27.2 Å². The second-order valence-corrected chi connectivity index (χ2v) is 6.23. The van der Waals surface area contributed by atoms with Gasteiger partial charge in [-0.2, -0.15) is 0 Å².